The summed E-state index contributed by atoms with van der Waals surface area (Å²) >= 11 is 0. The van der Waals surface area contributed by atoms with Crippen molar-refractivity contribution < 1.29 is 55.9 Å². The van der Waals surface area contributed by atoms with Crippen LogP contribution < -0.4 is 32.7 Å². The third-order valence-electron chi connectivity index (χ3n) is 21.7. The van der Waals surface area contributed by atoms with Gasteiger partial charge in [-0.05, 0) is 320 Å². The van der Waals surface area contributed by atoms with Gasteiger partial charge >= 0.3 is 12.2 Å². The topological polar surface area (TPSA) is 366 Å². The van der Waals surface area contributed by atoms with Crippen LogP contribution in [0.15, 0.2) is 218 Å². The van der Waals surface area contributed by atoms with Crippen LogP contribution in [0.4, 0.5) is 22.8 Å². The summed E-state index contributed by atoms with van der Waals surface area (Å²) in [7, 11) is 7.36. The number of nitriles is 3. The molecular weight excluding hydrogens is 1790 g/mol. The number of ether oxygens (including phenoxy) is 2. The van der Waals surface area contributed by atoms with Gasteiger partial charge in [0.2, 0.25) is 9.23 Å². The molecule has 31 heteroatoms. The number of ketones is 3. The molecule has 134 heavy (non-hydrogen) atoms. The van der Waals surface area contributed by atoms with Gasteiger partial charge in [-0.1, -0.05) is 103 Å². The number of nitrogens with two attached hydrogens (primary N) is 2. The van der Waals surface area contributed by atoms with Crippen molar-refractivity contribution in [3.8, 4) is 35.3 Å². The second kappa shape index (κ2) is 48.2. The van der Waals surface area contributed by atoms with Crippen LogP contribution in [-0.4, -0.2) is 99.0 Å². The molecule has 0 radical (unpaired) electrons. The predicted molar refractivity (Wildman–Crippen MR) is 514 cm³/mol. The number of aromatic nitrogens is 6. The number of benzene rings is 9. The third-order valence-corrected chi connectivity index (χ3v) is 21.7. The lowest BCUT2D eigenvalue weighted by molar-refractivity contribution is 0.0512. The maximum Gasteiger partial charge on any atom is 0.407 e. The number of nitrogens with one attached hydrogen (secondary N) is 4. The van der Waals surface area contributed by atoms with Crippen LogP contribution in [0, 0.1) is 90.0 Å². The Morgan fingerprint density at radius 2 is 0.754 bits per heavy atom. The van der Waals surface area contributed by atoms with E-state index in [9.17, 15) is 44.0 Å². The third kappa shape index (κ3) is 31.2. The summed E-state index contributed by atoms with van der Waals surface area (Å²) in [6.45, 7) is 19.6. The number of carbonyl (C=O) groups is 5. The highest BCUT2D eigenvalue weighted by molar-refractivity contribution is 8.26. The molecule has 0 aliphatic heterocycles. The number of halogens is 6. The van der Waals surface area contributed by atoms with Crippen molar-refractivity contribution in [2.24, 2.45) is 29.2 Å². The lowest BCUT2D eigenvalue weighted by Gasteiger charge is -2.21. The molecule has 15 rings (SSSR count). The van der Waals surface area contributed by atoms with Crippen LogP contribution >= 0.6 is 33.8 Å². The van der Waals surface area contributed by atoms with Crippen molar-refractivity contribution >= 4 is 72.5 Å². The summed E-state index contributed by atoms with van der Waals surface area (Å²) < 4.78 is 69.4. The number of Topliss-reactive ketones (excluding diaryl/α,β-unsaturated/α-hetero) is 3. The van der Waals surface area contributed by atoms with Crippen molar-refractivity contribution in [2.45, 2.75) is 169 Å². The first kappa shape index (κ1) is 103. The molecular formula is C103H109Cl3F3N15O9S. The molecule has 9 N–H and O–H groups in total. The summed E-state index contributed by atoms with van der Waals surface area (Å²) in [6.07, 6.45) is 4.96. The minimum Gasteiger partial charge on any atom is -0.444 e. The van der Waals surface area contributed by atoms with Gasteiger partial charge in [0.15, 0.2) is 17.3 Å². The molecule has 0 bridgehead atoms. The quantitative estimate of drug-likeness (QED) is 0.0162. The Morgan fingerprint density at radius 3 is 1.05 bits per heavy atom. The first-order valence-electron chi connectivity index (χ1n) is 43.7. The lowest BCUT2D eigenvalue weighted by atomic mass is 9.94. The van der Waals surface area contributed by atoms with Gasteiger partial charge in [0.25, 0.3) is 0 Å². The molecule has 3 heterocycles. The average molecular weight is 1900 g/mol. The number of aliphatic hydroxyl groups is 1. The number of hydrogen-bond donors (Lipinski definition) is 7. The summed E-state index contributed by atoms with van der Waals surface area (Å²) in [5.41, 5.74) is 24.3. The van der Waals surface area contributed by atoms with Crippen LogP contribution in [0.2, 0.25) is 0 Å². The van der Waals surface area contributed by atoms with Gasteiger partial charge in [0.1, 0.15) is 51.8 Å². The van der Waals surface area contributed by atoms with E-state index in [1.54, 1.807) is 174 Å². The molecule has 3 unspecified atom stereocenters. The Kier molecular flexibility index (Phi) is 37.2. The van der Waals surface area contributed by atoms with Gasteiger partial charge in [-0.15, -0.1) is 12.4 Å². The first-order valence-corrected chi connectivity index (χ1v) is 46.5. The van der Waals surface area contributed by atoms with Gasteiger partial charge in [-0.25, -0.2) is 41.0 Å². The molecule has 698 valence electrons. The predicted octanol–water partition coefficient (Wildman–Crippen LogP) is 19.4. The Balaban J connectivity index is 0.000000198. The van der Waals surface area contributed by atoms with Crippen LogP contribution in [0.25, 0.3) is 17.1 Å². The number of nitrogens with zero attached hydrogens (tertiary/aromatic N) is 9. The van der Waals surface area contributed by atoms with E-state index in [-0.39, 0.29) is 85.4 Å². The molecule has 0 spiro atoms. The van der Waals surface area contributed by atoms with Gasteiger partial charge in [-0.2, -0.15) is 31.1 Å². The Morgan fingerprint density at radius 1 is 0.455 bits per heavy atom. The monoisotopic (exact) mass is 1890 g/mol. The Labute approximate surface area is 796 Å². The van der Waals surface area contributed by atoms with E-state index in [4.69, 9.17) is 30.4 Å². The lowest BCUT2D eigenvalue weighted by Crippen LogP contribution is -2.32. The van der Waals surface area contributed by atoms with Gasteiger partial charge in [0.05, 0.1) is 81.1 Å². The molecule has 2 amide bonds. The van der Waals surface area contributed by atoms with Crippen LogP contribution in [0.1, 0.15) is 230 Å². The number of rotatable bonds is 30. The smallest absolute Gasteiger partial charge is 0.407 e. The summed E-state index contributed by atoms with van der Waals surface area (Å²) in [6, 6.07) is 68.5. The highest BCUT2D eigenvalue weighted by Crippen LogP contribution is 2.35. The van der Waals surface area contributed by atoms with Crippen molar-refractivity contribution in [3.05, 3.63) is 353 Å². The van der Waals surface area contributed by atoms with Crippen molar-refractivity contribution in [1.29, 1.82) is 15.8 Å². The van der Waals surface area contributed by atoms with Crippen LogP contribution in [-0.2, 0) is 57.6 Å². The number of alkyl carbamates (subject to hydrolysis) is 2. The second-order valence-corrected chi connectivity index (χ2v) is 37.6. The second-order valence-electron chi connectivity index (χ2n) is 35.1. The summed E-state index contributed by atoms with van der Waals surface area (Å²) in [4.78, 5) is 64.8. The maximum absolute atomic E-state index is 15.2. The first-order chi connectivity index (χ1) is 63.5. The molecule has 3 aliphatic carbocycles. The number of aliphatic hydroxyl groups excluding tert-OH is 1. The fourth-order valence-electron chi connectivity index (χ4n) is 14.4. The van der Waals surface area contributed by atoms with Crippen LogP contribution in [0.3, 0.4) is 0 Å². The molecule has 12 aromatic rings. The molecule has 24 nitrogen and oxygen atoms in total. The fraction of sp³-hybridized carbons (Fsp3) is 0.311. The van der Waals surface area contributed by atoms with E-state index < -0.39 is 56.2 Å². The standard InChI is InChI=1S/C36H38FN5O3.C32H31FN4O4.C31H30FN5O.C4H9N.Cl2OS.ClH/c1-23-16-32(42(41-23)30-7-5-6-26(17-30)22-40-35(44)45-36(2,3)4)33(43)19-29-18-28(14-15-31(29)37)34(39-21-25-8-9-25)27-12-10-24(20-38)11-13-27;1-20-14-28(37(36-20)26-7-5-6-22(15-26)19-35-31(40)41-32(2,3)4)29(38)17-25-16-24(12-13-27(25)33)30(39)23-10-8-21(18-34)9-11-23;1-20-13-29(37(36-20)27-4-2-3-23(14-27)18-34)30(38)16-26-15-25(11-12-28(26)32)31(35-19-22-5-6-22)24-9-7-21(17-33)8-10-24;5-3-4-1-2-4;1-4(2)3;/h5-7,10-18,25,34,39H,8-9,19,21-22H2,1-4H3,(H,40,44);5-16,30,39H,17,19H2,1-4H3,(H,35,40);2-4,7-15,22,31,35H,5-6,16,18-19,34H2,1H3;4H,1-3,5H2;;1H. The highest BCUT2D eigenvalue weighted by Gasteiger charge is 2.30. The maximum atomic E-state index is 15.2. The molecule has 9 aromatic carbocycles. The van der Waals surface area contributed by atoms with E-state index in [0.717, 1.165) is 70.2 Å². The van der Waals surface area contributed by atoms with Crippen molar-refractivity contribution in [3.63, 3.8) is 0 Å². The average Bonchev–Trinajstić information content (AvgIpc) is 1.64. The minimum atomic E-state index is -1.67. The van der Waals surface area contributed by atoms with E-state index in [2.05, 4.69) is 70.1 Å². The molecule has 3 saturated carbocycles. The summed E-state index contributed by atoms with van der Waals surface area (Å²) in [5, 5.41) is 64.5. The van der Waals surface area contributed by atoms with Gasteiger partial charge < -0.3 is 47.3 Å². The highest BCUT2D eigenvalue weighted by atomic mass is 36.0. The van der Waals surface area contributed by atoms with E-state index in [0.29, 0.717) is 97.2 Å². The number of hydrogen-bond acceptors (Lipinski definition) is 19. The van der Waals surface area contributed by atoms with Gasteiger partial charge in [-0.3, -0.25) is 14.4 Å². The van der Waals surface area contributed by atoms with E-state index >= 15 is 8.78 Å². The SMILES string of the molecule is Cc1cc(C(=O)Cc2cc(C(NCC3CC3)c3ccc(C#N)cc3)ccc2F)n(-c2cccc(CN)c2)n1.Cc1cc(C(=O)Cc2cc(C(NCC3CC3)c3ccc(C#N)cc3)ccc2F)n(-c2cccc(CNC(=O)OC(C)(C)C)c2)n1.Cc1cc(C(=O)Cc2cc(C(O)c3ccc(C#N)cc3)ccc2F)n(-c2cccc(CNC(=O)OC(C)(C)C)c2)n1.Cl.NCC1CC1.O=S(Cl)Cl. The zero-order valence-corrected chi connectivity index (χ0v) is 79.1. The molecule has 3 fully saturated rings. The van der Waals surface area contributed by atoms with Crippen molar-refractivity contribution in [2.75, 3.05) is 19.6 Å². The zero-order valence-electron chi connectivity index (χ0n) is 76.0. The molecule has 3 aromatic heterocycles. The molecule has 0 saturated heterocycles. The number of aryl methyl sites for hydroxylation is 3. The fourth-order valence-corrected chi connectivity index (χ4v) is 14.4. The normalized spacial score (nSPS) is 13.2. The van der Waals surface area contributed by atoms with E-state index in [1.807, 2.05) is 91.9 Å². The Bertz CT molecular complexity index is 6260. The van der Waals surface area contributed by atoms with E-state index in [1.165, 1.54) is 73.5 Å². The Hall–Kier alpha value is -12.8. The van der Waals surface area contributed by atoms with Crippen LogP contribution in [0.5, 0.6) is 0 Å². The molecule has 3 atom stereocenters. The van der Waals surface area contributed by atoms with Gasteiger partial charge in [0, 0.05) is 60.3 Å². The largest absolute Gasteiger partial charge is 0.444 e. The van der Waals surface area contributed by atoms with Crippen molar-refractivity contribution in [1.82, 2.24) is 50.6 Å². The molecule has 3 aliphatic rings. The number of carbonyl (C=O) groups excluding carboxylic acids is 5. The summed E-state index contributed by atoms with van der Waals surface area (Å²) in [5.74, 6) is -0.0952. The zero-order chi connectivity index (χ0) is 95.8. The minimum absolute atomic E-state index is 0. The number of amides is 2.